The van der Waals surface area contributed by atoms with E-state index in [1.54, 1.807) is 12.1 Å². The maximum atomic E-state index is 11.3. The Morgan fingerprint density at radius 2 is 2.40 bits per heavy atom. The zero-order chi connectivity index (χ0) is 10.8. The van der Waals surface area contributed by atoms with Gasteiger partial charge in [-0.2, -0.15) is 0 Å². The molecule has 0 bridgehead atoms. The van der Waals surface area contributed by atoms with Crippen LogP contribution < -0.4 is 11.1 Å². The number of nitrogens with one attached hydrogen (secondary N) is 1. The number of guanidine groups is 1. The Balaban J connectivity index is 2.35. The van der Waals surface area contributed by atoms with E-state index in [-0.39, 0.29) is 5.97 Å². The zero-order valence-electron chi connectivity index (χ0n) is 8.28. The monoisotopic (exact) mass is 205 g/mol. The molecule has 1 aliphatic heterocycles. The van der Waals surface area contributed by atoms with Crippen molar-refractivity contribution in [2.75, 3.05) is 12.4 Å². The number of carbonyl (C=O) groups excluding carboxylic acids is 1. The molecule has 5 nitrogen and oxygen atoms in total. The Bertz CT molecular complexity index is 440. The van der Waals surface area contributed by atoms with Gasteiger partial charge in [-0.05, 0) is 17.7 Å². The van der Waals surface area contributed by atoms with Crippen LogP contribution in [0.5, 0.6) is 0 Å². The van der Waals surface area contributed by atoms with E-state index in [0.29, 0.717) is 18.1 Å². The number of rotatable bonds is 1. The van der Waals surface area contributed by atoms with Crippen LogP contribution in [0.2, 0.25) is 0 Å². The number of hydrogen-bond acceptors (Lipinski definition) is 5. The number of hydrogen-bond donors (Lipinski definition) is 2. The lowest BCUT2D eigenvalue weighted by molar-refractivity contribution is 0.0601. The van der Waals surface area contributed by atoms with E-state index in [2.05, 4.69) is 15.0 Å². The molecular weight excluding hydrogens is 194 g/mol. The number of fused-ring (bicyclic) bond motifs is 1. The van der Waals surface area contributed by atoms with Crippen LogP contribution in [0.15, 0.2) is 23.2 Å². The molecule has 5 heteroatoms. The lowest BCUT2D eigenvalue weighted by Gasteiger charge is -2.16. The topological polar surface area (TPSA) is 76.7 Å². The molecular formula is C10H11N3O2. The number of ether oxygens (including phenoxy) is 1. The molecule has 0 atom stereocenters. The van der Waals surface area contributed by atoms with Crippen LogP contribution in [0.1, 0.15) is 15.9 Å². The van der Waals surface area contributed by atoms with Gasteiger partial charge < -0.3 is 15.8 Å². The summed E-state index contributed by atoms with van der Waals surface area (Å²) < 4.78 is 4.63. The largest absolute Gasteiger partial charge is 0.465 e. The first-order chi connectivity index (χ1) is 7.20. The smallest absolute Gasteiger partial charge is 0.337 e. The van der Waals surface area contributed by atoms with Gasteiger partial charge in [0.25, 0.3) is 0 Å². The fourth-order valence-electron chi connectivity index (χ4n) is 1.42. The van der Waals surface area contributed by atoms with Crippen molar-refractivity contribution >= 4 is 17.6 Å². The second-order valence-corrected chi connectivity index (χ2v) is 3.19. The number of esters is 1. The van der Waals surface area contributed by atoms with Crippen molar-refractivity contribution in [2.24, 2.45) is 10.7 Å². The van der Waals surface area contributed by atoms with Gasteiger partial charge in [0.15, 0.2) is 5.96 Å². The number of aliphatic imine (C=N–C) groups is 1. The van der Waals surface area contributed by atoms with Crippen molar-refractivity contribution in [1.29, 1.82) is 0 Å². The highest BCUT2D eigenvalue weighted by molar-refractivity contribution is 5.97. The molecule has 0 spiro atoms. The van der Waals surface area contributed by atoms with Gasteiger partial charge >= 0.3 is 5.97 Å². The van der Waals surface area contributed by atoms with Gasteiger partial charge in [-0.1, -0.05) is 6.07 Å². The van der Waals surface area contributed by atoms with E-state index in [1.807, 2.05) is 6.07 Å². The van der Waals surface area contributed by atoms with Crippen LogP contribution in [-0.4, -0.2) is 19.0 Å². The summed E-state index contributed by atoms with van der Waals surface area (Å²) in [5.41, 5.74) is 7.85. The Labute approximate surface area is 86.9 Å². The number of carbonyl (C=O) groups is 1. The SMILES string of the molecule is COC(=O)c1ccc2c(c1)NC(N)=NC2. The molecule has 2 rings (SSSR count). The average molecular weight is 205 g/mol. The van der Waals surface area contributed by atoms with Crippen LogP contribution in [0, 0.1) is 0 Å². The van der Waals surface area contributed by atoms with Gasteiger partial charge in [-0.25, -0.2) is 9.79 Å². The van der Waals surface area contributed by atoms with Gasteiger partial charge in [-0.15, -0.1) is 0 Å². The van der Waals surface area contributed by atoms with Crippen molar-refractivity contribution in [3.8, 4) is 0 Å². The van der Waals surface area contributed by atoms with Crippen molar-refractivity contribution in [3.63, 3.8) is 0 Å². The van der Waals surface area contributed by atoms with E-state index in [0.717, 1.165) is 11.3 Å². The molecule has 15 heavy (non-hydrogen) atoms. The number of benzene rings is 1. The summed E-state index contributed by atoms with van der Waals surface area (Å²) in [6, 6.07) is 5.26. The number of nitrogens with zero attached hydrogens (tertiary/aromatic N) is 1. The van der Waals surface area contributed by atoms with Crippen molar-refractivity contribution in [3.05, 3.63) is 29.3 Å². The predicted molar refractivity (Wildman–Crippen MR) is 56.7 cm³/mol. The van der Waals surface area contributed by atoms with Crippen LogP contribution in [0.4, 0.5) is 5.69 Å². The quantitative estimate of drug-likeness (QED) is 0.662. The Morgan fingerprint density at radius 1 is 1.60 bits per heavy atom. The van der Waals surface area contributed by atoms with Gasteiger partial charge in [0.1, 0.15) is 0 Å². The van der Waals surface area contributed by atoms with Gasteiger partial charge in [0.2, 0.25) is 0 Å². The second-order valence-electron chi connectivity index (χ2n) is 3.19. The average Bonchev–Trinajstić information content (AvgIpc) is 2.27. The van der Waals surface area contributed by atoms with Gasteiger partial charge in [0, 0.05) is 5.69 Å². The molecule has 1 aliphatic rings. The Hall–Kier alpha value is -2.04. The predicted octanol–water partition coefficient (Wildman–Crippen LogP) is 0.713. The van der Waals surface area contributed by atoms with Crippen molar-refractivity contribution in [1.82, 2.24) is 0 Å². The summed E-state index contributed by atoms with van der Waals surface area (Å²) in [6.07, 6.45) is 0. The summed E-state index contributed by atoms with van der Waals surface area (Å²) in [5, 5.41) is 2.90. The highest BCUT2D eigenvalue weighted by Gasteiger charge is 2.12. The lowest BCUT2D eigenvalue weighted by Crippen LogP contribution is -2.26. The summed E-state index contributed by atoms with van der Waals surface area (Å²) in [5.74, 6) is 0.00481. The Morgan fingerprint density at radius 3 is 3.13 bits per heavy atom. The molecule has 78 valence electrons. The van der Waals surface area contributed by atoms with Crippen molar-refractivity contribution < 1.29 is 9.53 Å². The summed E-state index contributed by atoms with van der Waals surface area (Å²) in [4.78, 5) is 15.3. The maximum Gasteiger partial charge on any atom is 0.337 e. The molecule has 0 unspecified atom stereocenters. The fourth-order valence-corrected chi connectivity index (χ4v) is 1.42. The molecule has 0 amide bonds. The third kappa shape index (κ3) is 1.76. The number of nitrogens with two attached hydrogens (primary N) is 1. The zero-order valence-corrected chi connectivity index (χ0v) is 8.28. The molecule has 3 N–H and O–H groups in total. The molecule has 0 saturated heterocycles. The third-order valence-electron chi connectivity index (χ3n) is 2.21. The Kier molecular flexibility index (Phi) is 2.29. The second kappa shape index (κ2) is 3.61. The van der Waals surface area contributed by atoms with Gasteiger partial charge in [0.05, 0.1) is 19.2 Å². The number of anilines is 1. The highest BCUT2D eigenvalue weighted by atomic mass is 16.5. The van der Waals surface area contributed by atoms with Crippen LogP contribution in [-0.2, 0) is 11.3 Å². The fraction of sp³-hybridized carbons (Fsp3) is 0.200. The summed E-state index contributed by atoms with van der Waals surface area (Å²) >= 11 is 0. The van der Waals surface area contributed by atoms with E-state index < -0.39 is 0 Å². The summed E-state index contributed by atoms with van der Waals surface area (Å²) in [7, 11) is 1.35. The summed E-state index contributed by atoms with van der Waals surface area (Å²) in [6.45, 7) is 0.537. The van der Waals surface area contributed by atoms with E-state index in [9.17, 15) is 4.79 Å². The lowest BCUT2D eigenvalue weighted by atomic mass is 10.1. The first-order valence-electron chi connectivity index (χ1n) is 4.49. The van der Waals surface area contributed by atoms with E-state index in [1.165, 1.54) is 7.11 Å². The standard InChI is InChI=1S/C10H11N3O2/c1-15-9(14)6-2-3-7-5-12-10(11)13-8(7)4-6/h2-4H,5H2,1H3,(H3,11,12,13). The normalized spacial score (nSPS) is 13.5. The van der Waals surface area contributed by atoms with Crippen LogP contribution >= 0.6 is 0 Å². The molecule has 0 fully saturated rings. The van der Waals surface area contributed by atoms with E-state index in [4.69, 9.17) is 5.73 Å². The van der Waals surface area contributed by atoms with Crippen molar-refractivity contribution in [2.45, 2.75) is 6.54 Å². The van der Waals surface area contributed by atoms with Crippen LogP contribution in [0.25, 0.3) is 0 Å². The van der Waals surface area contributed by atoms with Crippen LogP contribution in [0.3, 0.4) is 0 Å². The minimum Gasteiger partial charge on any atom is -0.465 e. The molecule has 0 aromatic heterocycles. The number of methoxy groups -OCH3 is 1. The molecule has 1 heterocycles. The molecule has 1 aromatic carbocycles. The molecule has 0 radical (unpaired) electrons. The van der Waals surface area contributed by atoms with Gasteiger partial charge in [-0.3, -0.25) is 0 Å². The molecule has 0 saturated carbocycles. The minimum atomic E-state index is -0.360. The highest BCUT2D eigenvalue weighted by Crippen LogP contribution is 2.21. The van der Waals surface area contributed by atoms with E-state index >= 15 is 0 Å². The first kappa shape index (κ1) is 9.51. The first-order valence-corrected chi connectivity index (χ1v) is 4.49. The third-order valence-corrected chi connectivity index (χ3v) is 2.21. The molecule has 1 aromatic rings. The molecule has 0 aliphatic carbocycles. The minimum absolute atomic E-state index is 0.360. The maximum absolute atomic E-state index is 11.3.